The zero-order chi connectivity index (χ0) is 24.4. The zero-order valence-corrected chi connectivity index (χ0v) is 19.3. The molecule has 7 heteroatoms. The predicted molar refractivity (Wildman–Crippen MR) is 131 cm³/mol. The molecule has 0 radical (unpaired) electrons. The molecule has 2 N–H and O–H groups in total. The van der Waals surface area contributed by atoms with E-state index in [0.29, 0.717) is 11.1 Å². The minimum absolute atomic E-state index is 0.0622. The Bertz CT molecular complexity index is 1380. The van der Waals surface area contributed by atoms with Crippen LogP contribution in [0.15, 0.2) is 67.1 Å². The van der Waals surface area contributed by atoms with Gasteiger partial charge >= 0.3 is 5.97 Å². The van der Waals surface area contributed by atoms with Gasteiger partial charge in [-0.1, -0.05) is 30.3 Å². The molecule has 1 unspecified atom stereocenters. The first kappa shape index (κ1) is 23.0. The Hall–Kier alpha value is -4.13. The van der Waals surface area contributed by atoms with Gasteiger partial charge in [-0.15, -0.1) is 0 Å². The number of ketones is 1. The molecule has 0 bridgehead atoms. The van der Waals surface area contributed by atoms with E-state index in [4.69, 9.17) is 10.4 Å². The van der Waals surface area contributed by atoms with Crippen LogP contribution in [0.5, 0.6) is 0 Å². The molecule has 0 aliphatic heterocycles. The molecule has 0 spiro atoms. The van der Waals surface area contributed by atoms with Crippen molar-refractivity contribution in [1.29, 1.82) is 5.41 Å². The Balaban J connectivity index is 1.93. The maximum absolute atomic E-state index is 12.3. The number of aliphatic carboxylic acids is 1. The van der Waals surface area contributed by atoms with Gasteiger partial charge in [0.1, 0.15) is 5.78 Å². The summed E-state index contributed by atoms with van der Waals surface area (Å²) in [6, 6.07) is 15.0. The van der Waals surface area contributed by atoms with Crippen LogP contribution < -0.4 is 0 Å². The van der Waals surface area contributed by atoms with Gasteiger partial charge in [0, 0.05) is 29.9 Å². The molecule has 4 aromatic rings. The molecule has 172 valence electrons. The maximum atomic E-state index is 12.3. The van der Waals surface area contributed by atoms with Crippen LogP contribution in [0.25, 0.3) is 22.2 Å². The van der Waals surface area contributed by atoms with Gasteiger partial charge in [-0.3, -0.25) is 19.6 Å². The Morgan fingerprint density at radius 2 is 1.88 bits per heavy atom. The van der Waals surface area contributed by atoms with E-state index in [1.165, 1.54) is 6.92 Å². The molecule has 0 aliphatic carbocycles. The lowest BCUT2D eigenvalue weighted by molar-refractivity contribution is -0.136. The zero-order valence-electron chi connectivity index (χ0n) is 19.3. The lowest BCUT2D eigenvalue weighted by Crippen LogP contribution is -2.17. The fourth-order valence-electron chi connectivity index (χ4n) is 4.41. The van der Waals surface area contributed by atoms with Crippen LogP contribution >= 0.6 is 0 Å². The predicted octanol–water partition coefficient (Wildman–Crippen LogP) is 5.05. The van der Waals surface area contributed by atoms with E-state index in [2.05, 4.69) is 9.55 Å². The number of hydrogen-bond donors (Lipinski definition) is 2. The molecule has 34 heavy (non-hydrogen) atoms. The molecule has 1 aromatic carbocycles. The molecule has 0 saturated carbocycles. The number of aromatic nitrogens is 3. The molecule has 4 rings (SSSR count). The average molecular weight is 455 g/mol. The van der Waals surface area contributed by atoms with Gasteiger partial charge in [0.15, 0.2) is 0 Å². The first-order valence-corrected chi connectivity index (χ1v) is 11.0. The van der Waals surface area contributed by atoms with Gasteiger partial charge in [-0.2, -0.15) is 0 Å². The summed E-state index contributed by atoms with van der Waals surface area (Å²) in [6.07, 6.45) is 5.35. The summed E-state index contributed by atoms with van der Waals surface area (Å²) < 4.78 is 2.07. The molecule has 0 saturated heterocycles. The summed E-state index contributed by atoms with van der Waals surface area (Å²) >= 11 is 0. The first-order valence-electron chi connectivity index (χ1n) is 11.0. The number of carbonyl (C=O) groups is 2. The number of rotatable bonds is 8. The lowest BCUT2D eigenvalue weighted by atomic mass is 9.92. The van der Waals surface area contributed by atoms with Crippen LogP contribution in [-0.4, -0.2) is 37.1 Å². The second-order valence-corrected chi connectivity index (χ2v) is 8.51. The van der Waals surface area contributed by atoms with E-state index in [1.54, 1.807) is 25.4 Å². The van der Waals surface area contributed by atoms with E-state index >= 15 is 0 Å². The molecule has 0 aliphatic rings. The van der Waals surface area contributed by atoms with Gasteiger partial charge in [-0.05, 0) is 55.7 Å². The van der Waals surface area contributed by atoms with Crippen molar-refractivity contribution in [1.82, 2.24) is 14.5 Å². The SMILES string of the molecule is CC(=N)C(C(C)=O)c1cnc2c(-c3cccc(CC(=O)O)c3)cn([C@@H](C)c3ccccn3)c2c1. The number of pyridine rings is 2. The van der Waals surface area contributed by atoms with Crippen LogP contribution in [0.4, 0.5) is 0 Å². The highest BCUT2D eigenvalue weighted by Crippen LogP contribution is 2.35. The van der Waals surface area contributed by atoms with Gasteiger partial charge in [-0.25, -0.2) is 0 Å². The second-order valence-electron chi connectivity index (χ2n) is 8.51. The Kier molecular flexibility index (Phi) is 6.36. The summed E-state index contributed by atoms with van der Waals surface area (Å²) in [7, 11) is 0. The van der Waals surface area contributed by atoms with Crippen LogP contribution in [0.3, 0.4) is 0 Å². The van der Waals surface area contributed by atoms with Gasteiger partial charge in [0.05, 0.1) is 35.1 Å². The molecule has 7 nitrogen and oxygen atoms in total. The van der Waals surface area contributed by atoms with Crippen molar-refractivity contribution in [3.05, 3.63) is 83.9 Å². The van der Waals surface area contributed by atoms with Crippen molar-refractivity contribution in [2.24, 2.45) is 0 Å². The largest absolute Gasteiger partial charge is 0.481 e. The molecule has 2 atom stereocenters. The van der Waals surface area contributed by atoms with E-state index in [1.807, 2.05) is 55.6 Å². The topological polar surface area (TPSA) is 109 Å². The molecular weight excluding hydrogens is 428 g/mol. The first-order chi connectivity index (χ1) is 16.3. The number of Topliss-reactive ketones (excluding diaryl/α,β-unsaturated/α-hetero) is 1. The number of carboxylic acid groups (broad SMARTS) is 1. The van der Waals surface area contributed by atoms with Crippen LogP contribution in [-0.2, 0) is 16.0 Å². The Morgan fingerprint density at radius 1 is 1.09 bits per heavy atom. The standard InChI is InChI=1S/C27H26N4O3/c1-16(28)26(18(3)32)21-13-24-27(30-14-21)22(20-8-6-7-19(11-20)12-25(33)34)15-31(24)17(2)23-9-4-5-10-29-23/h4-11,13-15,17,26,28H,12H2,1-3H3,(H,33,34)/t17-,26?/m0/s1. The molecule has 3 heterocycles. The van der Waals surface area contributed by atoms with Gasteiger partial charge < -0.3 is 15.1 Å². The number of benzene rings is 1. The van der Waals surface area contributed by atoms with E-state index in [0.717, 1.165) is 27.9 Å². The van der Waals surface area contributed by atoms with Crippen molar-refractivity contribution >= 4 is 28.5 Å². The van der Waals surface area contributed by atoms with Crippen molar-refractivity contribution < 1.29 is 14.7 Å². The van der Waals surface area contributed by atoms with Gasteiger partial charge in [0.2, 0.25) is 0 Å². The summed E-state index contributed by atoms with van der Waals surface area (Å²) in [5.41, 5.74) is 5.81. The number of nitrogens with one attached hydrogen (secondary N) is 1. The molecule has 3 aromatic heterocycles. The van der Waals surface area contributed by atoms with Crippen LogP contribution in [0.2, 0.25) is 0 Å². The fraction of sp³-hybridized carbons (Fsp3) is 0.222. The quantitative estimate of drug-likeness (QED) is 0.362. The molecule has 0 fully saturated rings. The van der Waals surface area contributed by atoms with Crippen molar-refractivity contribution in [2.45, 2.75) is 39.2 Å². The summed E-state index contributed by atoms with van der Waals surface area (Å²) in [5, 5.41) is 17.3. The minimum Gasteiger partial charge on any atom is -0.481 e. The van der Waals surface area contributed by atoms with E-state index < -0.39 is 11.9 Å². The number of carbonyl (C=O) groups excluding carboxylic acids is 1. The Morgan fingerprint density at radius 3 is 2.53 bits per heavy atom. The third-order valence-electron chi connectivity index (χ3n) is 5.99. The third kappa shape index (κ3) is 4.50. The van der Waals surface area contributed by atoms with Crippen molar-refractivity contribution in [3.63, 3.8) is 0 Å². The summed E-state index contributed by atoms with van der Waals surface area (Å²) in [6.45, 7) is 5.16. The molecule has 0 amide bonds. The summed E-state index contributed by atoms with van der Waals surface area (Å²) in [5.74, 6) is -1.64. The smallest absolute Gasteiger partial charge is 0.307 e. The lowest BCUT2D eigenvalue weighted by Gasteiger charge is -2.16. The second kappa shape index (κ2) is 9.39. The van der Waals surface area contributed by atoms with Crippen LogP contribution in [0.1, 0.15) is 49.6 Å². The van der Waals surface area contributed by atoms with Crippen molar-refractivity contribution in [2.75, 3.05) is 0 Å². The highest BCUT2D eigenvalue weighted by molar-refractivity contribution is 6.07. The summed E-state index contributed by atoms with van der Waals surface area (Å²) in [4.78, 5) is 32.7. The fourth-order valence-corrected chi connectivity index (χ4v) is 4.41. The highest BCUT2D eigenvalue weighted by Gasteiger charge is 2.23. The van der Waals surface area contributed by atoms with Crippen molar-refractivity contribution in [3.8, 4) is 11.1 Å². The highest BCUT2D eigenvalue weighted by atomic mass is 16.4. The normalized spacial score (nSPS) is 12.9. The minimum atomic E-state index is -0.886. The number of nitrogens with zero attached hydrogens (tertiary/aromatic N) is 3. The number of carboxylic acids is 1. The van der Waals surface area contributed by atoms with E-state index in [-0.39, 0.29) is 24.0 Å². The third-order valence-corrected chi connectivity index (χ3v) is 5.99. The monoisotopic (exact) mass is 454 g/mol. The van der Waals surface area contributed by atoms with E-state index in [9.17, 15) is 14.7 Å². The van der Waals surface area contributed by atoms with Crippen LogP contribution in [0, 0.1) is 5.41 Å². The number of fused-ring (bicyclic) bond motifs is 1. The van der Waals surface area contributed by atoms with Gasteiger partial charge in [0.25, 0.3) is 0 Å². The Labute approximate surface area is 197 Å². The number of hydrogen-bond acceptors (Lipinski definition) is 5. The maximum Gasteiger partial charge on any atom is 0.307 e. The molecular formula is C27H26N4O3. The average Bonchev–Trinajstić information content (AvgIpc) is 3.17.